The molecule has 0 heterocycles. The van der Waals surface area contributed by atoms with Crippen LogP contribution in [0.2, 0.25) is 15.3 Å². The maximum absolute atomic E-state index is 13.9. The fourth-order valence-corrected chi connectivity index (χ4v) is 18.6. The van der Waals surface area contributed by atoms with E-state index in [1.54, 1.807) is 6.92 Å². The van der Waals surface area contributed by atoms with Crippen molar-refractivity contribution in [2.75, 3.05) is 0 Å². The van der Waals surface area contributed by atoms with E-state index in [9.17, 15) is 9.59 Å². The summed E-state index contributed by atoms with van der Waals surface area (Å²) in [6.07, 6.45) is 17.6. The standard InChI is InChI=1S/C22H38GeO2/c1-17(24)18-13-15-19(16-14-18)22(25)23(2,20-9-5-3-6-10-20)21-11-7-4-8-12-21/h18-21H,3-16H2,1-2H3. The third kappa shape index (κ3) is 4.25. The van der Waals surface area contributed by atoms with E-state index in [1.165, 1.54) is 64.2 Å². The molecule has 0 bridgehead atoms. The van der Waals surface area contributed by atoms with Gasteiger partial charge in [0.15, 0.2) is 0 Å². The van der Waals surface area contributed by atoms with E-state index in [-0.39, 0.29) is 5.92 Å². The van der Waals surface area contributed by atoms with Crippen LogP contribution in [0.15, 0.2) is 0 Å². The van der Waals surface area contributed by atoms with Gasteiger partial charge in [-0.3, -0.25) is 0 Å². The predicted octanol–water partition coefficient (Wildman–Crippen LogP) is 6.24. The fourth-order valence-electron chi connectivity index (χ4n) is 6.34. The van der Waals surface area contributed by atoms with Gasteiger partial charge in [-0.1, -0.05) is 0 Å². The van der Waals surface area contributed by atoms with E-state index >= 15 is 0 Å². The molecule has 0 aromatic heterocycles. The van der Waals surface area contributed by atoms with Crippen molar-refractivity contribution in [2.24, 2.45) is 11.8 Å². The van der Waals surface area contributed by atoms with Gasteiger partial charge in [0.25, 0.3) is 0 Å². The molecule has 0 saturated heterocycles. The zero-order chi connectivity index (χ0) is 17.9. The first-order valence-electron chi connectivity index (χ1n) is 11.1. The van der Waals surface area contributed by atoms with Gasteiger partial charge >= 0.3 is 157 Å². The van der Waals surface area contributed by atoms with Gasteiger partial charge in [0.2, 0.25) is 0 Å². The van der Waals surface area contributed by atoms with Gasteiger partial charge in [-0.05, 0) is 0 Å². The molecular formula is C22H38GeO2. The molecule has 0 radical (unpaired) electrons. The van der Waals surface area contributed by atoms with Gasteiger partial charge in [-0.25, -0.2) is 0 Å². The molecule has 3 aliphatic rings. The zero-order valence-electron chi connectivity index (χ0n) is 16.5. The van der Waals surface area contributed by atoms with Crippen LogP contribution in [0.4, 0.5) is 0 Å². The Balaban J connectivity index is 1.76. The maximum atomic E-state index is 13.9. The van der Waals surface area contributed by atoms with E-state index in [0.717, 1.165) is 39.8 Å². The second kappa shape index (κ2) is 8.71. The van der Waals surface area contributed by atoms with E-state index in [1.807, 2.05) is 0 Å². The molecule has 2 nitrogen and oxygen atoms in total. The average molecular weight is 407 g/mol. The van der Waals surface area contributed by atoms with Crippen LogP contribution in [-0.2, 0) is 9.59 Å². The Morgan fingerprint density at radius 1 is 0.640 bits per heavy atom. The summed E-state index contributed by atoms with van der Waals surface area (Å²) in [6, 6.07) is 0. The first-order valence-corrected chi connectivity index (χ1v) is 16.6. The van der Waals surface area contributed by atoms with Crippen LogP contribution in [0, 0.1) is 11.8 Å². The van der Waals surface area contributed by atoms with E-state index in [4.69, 9.17) is 0 Å². The molecule has 3 rings (SSSR count). The summed E-state index contributed by atoms with van der Waals surface area (Å²) >= 11 is -2.55. The number of hydrogen-bond donors (Lipinski definition) is 0. The van der Waals surface area contributed by atoms with Crippen LogP contribution >= 0.6 is 0 Å². The van der Waals surface area contributed by atoms with Crippen molar-refractivity contribution >= 4 is 23.7 Å². The molecule has 3 fully saturated rings. The van der Waals surface area contributed by atoms with Crippen molar-refractivity contribution in [1.29, 1.82) is 0 Å². The molecule has 0 spiro atoms. The monoisotopic (exact) mass is 408 g/mol. The number of ketones is 1. The summed E-state index contributed by atoms with van der Waals surface area (Å²) in [7, 11) is 0. The van der Waals surface area contributed by atoms with Crippen LogP contribution in [0.5, 0.6) is 0 Å². The third-order valence-electron chi connectivity index (χ3n) is 8.11. The second-order valence-electron chi connectivity index (χ2n) is 9.48. The number of rotatable bonds is 5. The Kier molecular flexibility index (Phi) is 6.85. The average Bonchev–Trinajstić information content (AvgIpc) is 2.68. The fraction of sp³-hybridized carbons (Fsp3) is 0.909. The minimum atomic E-state index is -2.55. The molecule has 3 aliphatic carbocycles. The van der Waals surface area contributed by atoms with Crippen molar-refractivity contribution in [2.45, 2.75) is 112 Å². The van der Waals surface area contributed by atoms with Gasteiger partial charge < -0.3 is 0 Å². The van der Waals surface area contributed by atoms with Crippen LogP contribution in [-0.4, -0.2) is 23.7 Å². The summed E-state index contributed by atoms with van der Waals surface area (Å²) in [5.74, 6) is 3.44. The molecule has 0 N–H and O–H groups in total. The predicted molar refractivity (Wildman–Crippen MR) is 106 cm³/mol. The number of carbonyl (C=O) groups excluding carboxylic acids is 2. The summed E-state index contributed by atoms with van der Waals surface area (Å²) in [5, 5.41) is 0. The molecule has 25 heavy (non-hydrogen) atoms. The molecule has 0 aliphatic heterocycles. The Hall–Kier alpha value is -0.117. The van der Waals surface area contributed by atoms with Gasteiger partial charge in [-0.15, -0.1) is 0 Å². The first-order chi connectivity index (χ1) is 12.0. The molecule has 0 amide bonds. The Morgan fingerprint density at radius 3 is 1.44 bits per heavy atom. The van der Waals surface area contributed by atoms with Crippen LogP contribution in [0.1, 0.15) is 96.8 Å². The van der Waals surface area contributed by atoms with E-state index in [2.05, 4.69) is 5.76 Å². The minimum absolute atomic E-state index is 0.243. The summed E-state index contributed by atoms with van der Waals surface area (Å²) in [4.78, 5) is 25.6. The van der Waals surface area contributed by atoms with Crippen molar-refractivity contribution in [3.63, 3.8) is 0 Å². The van der Waals surface area contributed by atoms with E-state index < -0.39 is 13.3 Å². The molecule has 0 aromatic carbocycles. The molecular weight excluding hydrogens is 369 g/mol. The van der Waals surface area contributed by atoms with Crippen LogP contribution < -0.4 is 0 Å². The van der Waals surface area contributed by atoms with Gasteiger partial charge in [0.1, 0.15) is 0 Å². The topological polar surface area (TPSA) is 34.1 Å². The van der Waals surface area contributed by atoms with Gasteiger partial charge in [0.05, 0.1) is 0 Å². The zero-order valence-corrected chi connectivity index (χ0v) is 18.6. The molecule has 3 heteroatoms. The summed E-state index contributed by atoms with van der Waals surface area (Å²) in [5.41, 5.74) is 0. The Bertz CT molecular complexity index is 448. The van der Waals surface area contributed by atoms with Crippen LogP contribution in [0.3, 0.4) is 0 Å². The normalized spacial score (nSPS) is 30.2. The Morgan fingerprint density at radius 2 is 1.04 bits per heavy atom. The third-order valence-corrected chi connectivity index (χ3v) is 20.7. The molecule has 0 atom stereocenters. The van der Waals surface area contributed by atoms with Crippen molar-refractivity contribution < 1.29 is 9.59 Å². The van der Waals surface area contributed by atoms with E-state index in [0.29, 0.717) is 11.7 Å². The van der Waals surface area contributed by atoms with Crippen molar-refractivity contribution in [3.05, 3.63) is 0 Å². The van der Waals surface area contributed by atoms with Crippen molar-refractivity contribution in [1.82, 2.24) is 0 Å². The second-order valence-corrected chi connectivity index (χ2v) is 19.3. The summed E-state index contributed by atoms with van der Waals surface area (Å²) in [6.45, 7) is 1.73. The first kappa shape index (κ1) is 19.6. The molecule has 0 unspecified atom stereocenters. The SMILES string of the molecule is CC(=O)C1CCC([C](=O)[Ge]([CH3])([CH]2CCCCC2)[CH]2CCCCC2)CC1. The molecule has 3 saturated carbocycles. The number of Topliss-reactive ketones (excluding diaryl/α,β-unsaturated/α-hetero) is 1. The quantitative estimate of drug-likeness (QED) is 0.506. The molecule has 0 aromatic rings. The van der Waals surface area contributed by atoms with Crippen molar-refractivity contribution in [3.8, 4) is 0 Å². The number of hydrogen-bond acceptors (Lipinski definition) is 2. The van der Waals surface area contributed by atoms with Gasteiger partial charge in [0, 0.05) is 0 Å². The number of carbonyl (C=O) groups is 2. The Labute approximate surface area is 157 Å². The molecule has 142 valence electrons. The van der Waals surface area contributed by atoms with Crippen LogP contribution in [0.25, 0.3) is 0 Å². The van der Waals surface area contributed by atoms with Gasteiger partial charge in [-0.2, -0.15) is 0 Å². The summed E-state index contributed by atoms with van der Waals surface area (Å²) < 4.78 is 2.38.